The number of hydrogen-bond acceptors (Lipinski definition) is 4. The van der Waals surface area contributed by atoms with E-state index in [4.69, 9.17) is 0 Å². The first-order valence-electron chi connectivity index (χ1n) is 8.42. The molecule has 2 heterocycles. The largest absolute Gasteiger partial charge is 0.354 e. The number of rotatable bonds is 5. The molecule has 7 nitrogen and oxygen atoms in total. The summed E-state index contributed by atoms with van der Waals surface area (Å²) >= 11 is 0. The molecule has 1 aromatic rings. The number of benzene rings is 1. The van der Waals surface area contributed by atoms with E-state index < -0.39 is 0 Å². The zero-order valence-corrected chi connectivity index (χ0v) is 14.3. The molecule has 0 saturated carbocycles. The maximum absolute atomic E-state index is 12.2. The first-order chi connectivity index (χ1) is 11.9. The van der Waals surface area contributed by atoms with Crippen LogP contribution in [0.3, 0.4) is 0 Å². The van der Waals surface area contributed by atoms with Crippen molar-refractivity contribution in [1.29, 1.82) is 0 Å². The van der Waals surface area contributed by atoms with Crippen LogP contribution in [0.5, 0.6) is 0 Å². The van der Waals surface area contributed by atoms with Crippen LogP contribution in [-0.2, 0) is 9.59 Å². The van der Waals surface area contributed by atoms with Crippen molar-refractivity contribution in [2.24, 2.45) is 5.92 Å². The maximum atomic E-state index is 12.2. The predicted molar refractivity (Wildman–Crippen MR) is 89.8 cm³/mol. The maximum Gasteiger partial charge on any atom is 0.261 e. The SMILES string of the molecule is CC(C)N1C[C@H](C(=O)NCCN2C(=O)c3ccccc3C2=O)CC1=O. The van der Waals surface area contributed by atoms with Crippen LogP contribution in [0.25, 0.3) is 0 Å². The summed E-state index contributed by atoms with van der Waals surface area (Å²) in [5, 5.41) is 2.74. The van der Waals surface area contributed by atoms with Crippen molar-refractivity contribution in [3.63, 3.8) is 0 Å². The Hall–Kier alpha value is -2.70. The summed E-state index contributed by atoms with van der Waals surface area (Å²) in [6, 6.07) is 6.75. The van der Waals surface area contributed by atoms with Crippen LogP contribution < -0.4 is 5.32 Å². The fourth-order valence-corrected chi connectivity index (χ4v) is 3.28. The molecule has 0 radical (unpaired) electrons. The second-order valence-electron chi connectivity index (χ2n) is 6.64. The average molecular weight is 343 g/mol. The second-order valence-corrected chi connectivity index (χ2v) is 6.64. The van der Waals surface area contributed by atoms with Crippen molar-refractivity contribution < 1.29 is 19.2 Å². The molecule has 0 unspecified atom stereocenters. The van der Waals surface area contributed by atoms with Gasteiger partial charge in [-0.05, 0) is 26.0 Å². The second kappa shape index (κ2) is 6.66. The van der Waals surface area contributed by atoms with Gasteiger partial charge in [0.25, 0.3) is 11.8 Å². The Morgan fingerprint density at radius 3 is 2.28 bits per heavy atom. The molecule has 3 rings (SSSR count). The molecule has 0 aromatic heterocycles. The molecule has 0 bridgehead atoms. The van der Waals surface area contributed by atoms with E-state index in [1.165, 1.54) is 0 Å². The van der Waals surface area contributed by atoms with Gasteiger partial charge >= 0.3 is 0 Å². The Labute approximate surface area is 146 Å². The van der Waals surface area contributed by atoms with Gasteiger partial charge in [-0.3, -0.25) is 24.1 Å². The van der Waals surface area contributed by atoms with E-state index in [-0.39, 0.29) is 55.1 Å². The monoisotopic (exact) mass is 343 g/mol. The smallest absolute Gasteiger partial charge is 0.261 e. The third-order valence-corrected chi connectivity index (χ3v) is 4.67. The van der Waals surface area contributed by atoms with Gasteiger partial charge in [0.1, 0.15) is 0 Å². The van der Waals surface area contributed by atoms with Crippen LogP contribution in [0, 0.1) is 5.92 Å². The minimum absolute atomic E-state index is 0.0181. The van der Waals surface area contributed by atoms with Crippen LogP contribution in [0.4, 0.5) is 0 Å². The summed E-state index contributed by atoms with van der Waals surface area (Å²) in [4.78, 5) is 51.4. The highest BCUT2D eigenvalue weighted by molar-refractivity contribution is 6.21. The lowest BCUT2D eigenvalue weighted by molar-refractivity contribution is -0.129. The third kappa shape index (κ3) is 3.14. The topological polar surface area (TPSA) is 86.8 Å². The summed E-state index contributed by atoms with van der Waals surface area (Å²) in [6.45, 7) is 4.54. The van der Waals surface area contributed by atoms with E-state index in [0.717, 1.165) is 4.90 Å². The number of imide groups is 1. The molecule has 1 saturated heterocycles. The Morgan fingerprint density at radius 1 is 1.16 bits per heavy atom. The first-order valence-corrected chi connectivity index (χ1v) is 8.42. The standard InChI is InChI=1S/C18H21N3O4/c1-11(2)21-10-12(9-15(21)22)16(23)19-7-8-20-17(24)13-5-3-4-6-14(13)18(20)25/h3-6,11-12H,7-10H2,1-2H3,(H,19,23)/t12-/m1/s1. The molecule has 4 amide bonds. The van der Waals surface area contributed by atoms with E-state index in [1.54, 1.807) is 29.2 Å². The lowest BCUT2D eigenvalue weighted by Crippen LogP contribution is -2.40. The summed E-state index contributed by atoms with van der Waals surface area (Å²) in [5.74, 6) is -1.28. The average Bonchev–Trinajstić information content (AvgIpc) is 3.09. The Morgan fingerprint density at radius 2 is 1.76 bits per heavy atom. The molecule has 25 heavy (non-hydrogen) atoms. The Balaban J connectivity index is 1.53. The Kier molecular flexibility index (Phi) is 4.57. The summed E-state index contributed by atoms with van der Waals surface area (Å²) in [5.41, 5.74) is 0.792. The van der Waals surface area contributed by atoms with Crippen molar-refractivity contribution in [3.05, 3.63) is 35.4 Å². The summed E-state index contributed by atoms with van der Waals surface area (Å²) < 4.78 is 0. The summed E-state index contributed by atoms with van der Waals surface area (Å²) in [7, 11) is 0. The molecule has 1 N–H and O–H groups in total. The molecule has 2 aliphatic heterocycles. The minimum Gasteiger partial charge on any atom is -0.354 e. The van der Waals surface area contributed by atoms with Crippen LogP contribution in [-0.4, -0.2) is 59.1 Å². The first kappa shape index (κ1) is 17.1. The van der Waals surface area contributed by atoms with Gasteiger partial charge in [0.15, 0.2) is 0 Å². The lowest BCUT2D eigenvalue weighted by atomic mass is 10.1. The van der Waals surface area contributed by atoms with Crippen LogP contribution in [0.15, 0.2) is 24.3 Å². The highest BCUT2D eigenvalue weighted by Crippen LogP contribution is 2.22. The van der Waals surface area contributed by atoms with Gasteiger partial charge < -0.3 is 10.2 Å². The minimum atomic E-state index is -0.378. The number of likely N-dealkylation sites (tertiary alicyclic amines) is 1. The van der Waals surface area contributed by atoms with E-state index in [1.807, 2.05) is 13.8 Å². The zero-order chi connectivity index (χ0) is 18.1. The van der Waals surface area contributed by atoms with Gasteiger partial charge in [-0.15, -0.1) is 0 Å². The van der Waals surface area contributed by atoms with Gasteiger partial charge in [-0.1, -0.05) is 12.1 Å². The van der Waals surface area contributed by atoms with Crippen molar-refractivity contribution in [2.75, 3.05) is 19.6 Å². The quantitative estimate of drug-likeness (QED) is 0.796. The Bertz CT molecular complexity index is 709. The normalized spacial score (nSPS) is 19.8. The van der Waals surface area contributed by atoms with E-state index >= 15 is 0 Å². The molecule has 0 spiro atoms. The van der Waals surface area contributed by atoms with Gasteiger partial charge in [0.05, 0.1) is 17.0 Å². The number of fused-ring (bicyclic) bond motifs is 1. The molecule has 2 aliphatic rings. The third-order valence-electron chi connectivity index (χ3n) is 4.67. The van der Waals surface area contributed by atoms with Crippen molar-refractivity contribution >= 4 is 23.6 Å². The van der Waals surface area contributed by atoms with Gasteiger partial charge in [-0.2, -0.15) is 0 Å². The molecule has 132 valence electrons. The van der Waals surface area contributed by atoms with E-state index in [0.29, 0.717) is 17.7 Å². The predicted octanol–water partition coefficient (Wildman–Crippen LogP) is 0.656. The van der Waals surface area contributed by atoms with Gasteiger partial charge in [0, 0.05) is 32.1 Å². The molecule has 7 heteroatoms. The number of nitrogens with one attached hydrogen (secondary N) is 1. The van der Waals surface area contributed by atoms with Crippen LogP contribution in [0.2, 0.25) is 0 Å². The van der Waals surface area contributed by atoms with Gasteiger partial charge in [0.2, 0.25) is 11.8 Å². The van der Waals surface area contributed by atoms with Crippen LogP contribution >= 0.6 is 0 Å². The van der Waals surface area contributed by atoms with Crippen molar-refractivity contribution in [2.45, 2.75) is 26.3 Å². The zero-order valence-electron chi connectivity index (χ0n) is 14.3. The van der Waals surface area contributed by atoms with E-state index in [2.05, 4.69) is 5.32 Å². The highest BCUT2D eigenvalue weighted by Gasteiger charge is 2.37. The molecular formula is C18H21N3O4. The summed E-state index contributed by atoms with van der Waals surface area (Å²) in [6.07, 6.45) is 0.205. The number of amides is 4. The molecule has 1 atom stereocenters. The van der Waals surface area contributed by atoms with Crippen molar-refractivity contribution in [1.82, 2.24) is 15.1 Å². The van der Waals surface area contributed by atoms with Crippen LogP contribution in [0.1, 0.15) is 41.0 Å². The molecule has 1 aromatic carbocycles. The fourth-order valence-electron chi connectivity index (χ4n) is 3.28. The fraction of sp³-hybridized carbons (Fsp3) is 0.444. The molecule has 0 aliphatic carbocycles. The van der Waals surface area contributed by atoms with Gasteiger partial charge in [-0.25, -0.2) is 0 Å². The molecular weight excluding hydrogens is 322 g/mol. The lowest BCUT2D eigenvalue weighted by Gasteiger charge is -2.21. The van der Waals surface area contributed by atoms with E-state index in [9.17, 15) is 19.2 Å². The molecule has 1 fully saturated rings. The number of nitrogens with zero attached hydrogens (tertiary/aromatic N) is 2. The highest BCUT2D eigenvalue weighted by atomic mass is 16.2. The number of hydrogen-bond donors (Lipinski definition) is 1. The number of carbonyl (C=O) groups is 4. The number of carbonyl (C=O) groups excluding carboxylic acids is 4. The van der Waals surface area contributed by atoms with Crippen molar-refractivity contribution in [3.8, 4) is 0 Å².